The first-order chi connectivity index (χ1) is 15.3. The highest BCUT2D eigenvalue weighted by molar-refractivity contribution is 7.92. The summed E-state index contributed by atoms with van der Waals surface area (Å²) in [6, 6.07) is 4.90. The molecule has 1 aromatic carbocycles. The fourth-order valence-corrected chi connectivity index (χ4v) is 5.64. The van der Waals surface area contributed by atoms with Crippen LogP contribution in [-0.2, 0) is 14.6 Å². The summed E-state index contributed by atoms with van der Waals surface area (Å²) >= 11 is 0.874. The predicted octanol–water partition coefficient (Wildman–Crippen LogP) is 3.40. The van der Waals surface area contributed by atoms with Crippen LogP contribution in [0.3, 0.4) is 0 Å². The number of ether oxygens (including phenoxy) is 1. The second-order valence-electron chi connectivity index (χ2n) is 8.01. The average Bonchev–Trinajstić information content (AvgIpc) is 3.46. The van der Waals surface area contributed by atoms with Gasteiger partial charge in [0.1, 0.15) is 4.21 Å². The molecule has 0 unspecified atom stereocenters. The summed E-state index contributed by atoms with van der Waals surface area (Å²) in [5, 5.41) is 5.46. The lowest BCUT2D eigenvalue weighted by Gasteiger charge is -2.29. The van der Waals surface area contributed by atoms with E-state index < -0.39 is 15.9 Å². The number of hydrogen-bond acceptors (Lipinski definition) is 8. The molecule has 0 bridgehead atoms. The van der Waals surface area contributed by atoms with Gasteiger partial charge in [-0.3, -0.25) is 10.1 Å². The van der Waals surface area contributed by atoms with Gasteiger partial charge in [-0.05, 0) is 31.0 Å². The number of nitrogens with zero attached hydrogens (tertiary/aromatic N) is 2. The number of hydrogen-bond donors (Lipinski definition) is 2. The van der Waals surface area contributed by atoms with Gasteiger partial charge in [-0.15, -0.1) is 0 Å². The number of Topliss-reactive ketones (excluding diaryl/α,β-unsaturated/α-hetero) is 1. The molecule has 1 saturated carbocycles. The van der Waals surface area contributed by atoms with Gasteiger partial charge in [-0.1, -0.05) is 24.2 Å². The largest absolute Gasteiger partial charge is 0.378 e. The lowest BCUT2D eigenvalue weighted by atomic mass is 9.94. The van der Waals surface area contributed by atoms with Crippen LogP contribution in [0.1, 0.15) is 36.0 Å². The van der Waals surface area contributed by atoms with E-state index in [1.54, 1.807) is 6.07 Å². The lowest BCUT2D eigenvalue weighted by Crippen LogP contribution is -2.36. The first-order valence-corrected chi connectivity index (χ1v) is 13.3. The van der Waals surface area contributed by atoms with Gasteiger partial charge in [-0.2, -0.15) is 0 Å². The normalized spacial score (nSPS) is 17.3. The van der Waals surface area contributed by atoms with Gasteiger partial charge in [0, 0.05) is 36.5 Å². The van der Waals surface area contributed by atoms with E-state index in [0.717, 1.165) is 62.1 Å². The fraction of sp³-hybridized carbons (Fsp3) is 0.476. The predicted molar refractivity (Wildman–Crippen MR) is 124 cm³/mol. The van der Waals surface area contributed by atoms with Crippen molar-refractivity contribution in [3.63, 3.8) is 0 Å². The zero-order valence-electron chi connectivity index (χ0n) is 17.8. The Morgan fingerprint density at radius 1 is 1.16 bits per heavy atom. The number of thiazole rings is 1. The number of carbonyl (C=O) groups excluding carboxylic acids is 2. The number of rotatable bonds is 6. The van der Waals surface area contributed by atoms with Gasteiger partial charge in [0.2, 0.25) is 0 Å². The van der Waals surface area contributed by atoms with Crippen molar-refractivity contribution in [2.24, 2.45) is 5.92 Å². The minimum atomic E-state index is -3.39. The molecule has 2 aliphatic rings. The molecule has 0 radical (unpaired) electrons. The molecule has 2 amide bonds. The summed E-state index contributed by atoms with van der Waals surface area (Å²) < 4.78 is 28.7. The molecule has 9 nitrogen and oxygen atoms in total. The van der Waals surface area contributed by atoms with Crippen LogP contribution in [0.25, 0.3) is 0 Å². The summed E-state index contributed by atoms with van der Waals surface area (Å²) in [5.74, 6) is 0.0105. The standard InChI is InChI=1S/C21H26N4O5S2/c1-32(28,29)18-13-22-21(31-18)24-20(27)23-17-7-6-15(25-8-10-30-11-9-25)12-16(17)19(26)14-4-2-3-5-14/h6-7,12-14H,2-5,8-11H2,1H3,(H2,22,23,24,27). The van der Waals surface area contributed by atoms with Crippen molar-refractivity contribution in [1.29, 1.82) is 0 Å². The van der Waals surface area contributed by atoms with Crippen LogP contribution >= 0.6 is 11.3 Å². The Morgan fingerprint density at radius 3 is 2.53 bits per heavy atom. The number of amides is 2. The topological polar surface area (TPSA) is 118 Å². The maximum absolute atomic E-state index is 13.3. The number of carbonyl (C=O) groups is 2. The minimum absolute atomic E-state index is 0.0326. The van der Waals surface area contributed by atoms with Crippen molar-refractivity contribution >= 4 is 49.5 Å². The van der Waals surface area contributed by atoms with Crippen LogP contribution in [0.4, 0.5) is 21.3 Å². The van der Waals surface area contributed by atoms with Gasteiger partial charge in [0.25, 0.3) is 0 Å². The van der Waals surface area contributed by atoms with Crippen LogP contribution < -0.4 is 15.5 Å². The quantitative estimate of drug-likeness (QED) is 0.611. The van der Waals surface area contributed by atoms with Crippen LogP contribution in [-0.4, -0.2) is 57.8 Å². The molecular weight excluding hydrogens is 452 g/mol. The number of urea groups is 1. The van der Waals surface area contributed by atoms with Gasteiger partial charge < -0.3 is 15.0 Å². The molecule has 1 aromatic heterocycles. The summed E-state index contributed by atoms with van der Waals surface area (Å²) in [6.07, 6.45) is 6.09. The monoisotopic (exact) mass is 478 g/mol. The van der Waals surface area contributed by atoms with E-state index in [0.29, 0.717) is 24.5 Å². The summed E-state index contributed by atoms with van der Waals surface area (Å²) in [5.41, 5.74) is 1.85. The third-order valence-electron chi connectivity index (χ3n) is 5.69. The molecule has 1 aliphatic heterocycles. The zero-order valence-corrected chi connectivity index (χ0v) is 19.4. The van der Waals surface area contributed by atoms with Gasteiger partial charge in [0.05, 0.1) is 25.1 Å². The molecule has 172 valence electrons. The number of morpholine rings is 1. The van der Waals surface area contributed by atoms with Crippen molar-refractivity contribution in [2.45, 2.75) is 29.9 Å². The van der Waals surface area contributed by atoms with Gasteiger partial charge >= 0.3 is 6.03 Å². The maximum Gasteiger partial charge on any atom is 0.325 e. The minimum Gasteiger partial charge on any atom is -0.378 e. The molecule has 1 saturated heterocycles. The number of nitrogens with one attached hydrogen (secondary N) is 2. The Kier molecular flexibility index (Phi) is 6.77. The molecule has 1 aliphatic carbocycles. The fourth-order valence-electron chi connectivity index (χ4n) is 4.01. The highest BCUT2D eigenvalue weighted by Gasteiger charge is 2.27. The van der Waals surface area contributed by atoms with Crippen molar-refractivity contribution in [3.8, 4) is 0 Å². The molecule has 0 spiro atoms. The number of anilines is 3. The van der Waals surface area contributed by atoms with Gasteiger partial charge in [-0.25, -0.2) is 18.2 Å². The van der Waals surface area contributed by atoms with Crippen LogP contribution in [0, 0.1) is 5.92 Å². The number of ketones is 1. The van der Waals surface area contributed by atoms with Crippen LogP contribution in [0.2, 0.25) is 0 Å². The van der Waals surface area contributed by atoms with E-state index in [-0.39, 0.29) is 21.0 Å². The molecular formula is C21H26N4O5S2. The van der Waals surface area contributed by atoms with E-state index >= 15 is 0 Å². The maximum atomic E-state index is 13.3. The van der Waals surface area contributed by atoms with E-state index in [4.69, 9.17) is 4.74 Å². The SMILES string of the molecule is CS(=O)(=O)c1cnc(NC(=O)Nc2ccc(N3CCOCC3)cc2C(=O)C2CCCC2)s1. The Bertz CT molecular complexity index is 1100. The molecule has 0 atom stereocenters. The van der Waals surface area contributed by atoms with Crippen molar-refractivity contribution < 1.29 is 22.7 Å². The number of sulfone groups is 1. The van der Waals surface area contributed by atoms with E-state index in [2.05, 4.69) is 20.5 Å². The Morgan fingerprint density at radius 2 is 1.88 bits per heavy atom. The third kappa shape index (κ3) is 5.28. The molecule has 11 heteroatoms. The smallest absolute Gasteiger partial charge is 0.325 e. The first kappa shape index (κ1) is 22.7. The van der Waals surface area contributed by atoms with E-state index in [1.165, 1.54) is 6.20 Å². The Labute approximate surface area is 191 Å². The Hall–Kier alpha value is -2.50. The van der Waals surface area contributed by atoms with Crippen molar-refractivity contribution in [3.05, 3.63) is 30.0 Å². The van der Waals surface area contributed by atoms with Gasteiger partial charge in [0.15, 0.2) is 20.8 Å². The molecule has 32 heavy (non-hydrogen) atoms. The van der Waals surface area contributed by atoms with E-state index in [1.807, 2.05) is 12.1 Å². The second-order valence-corrected chi connectivity index (χ2v) is 11.3. The zero-order chi connectivity index (χ0) is 22.7. The molecule has 4 rings (SSSR count). The van der Waals surface area contributed by atoms with Crippen molar-refractivity contribution in [1.82, 2.24) is 4.98 Å². The van der Waals surface area contributed by atoms with E-state index in [9.17, 15) is 18.0 Å². The summed E-state index contributed by atoms with van der Waals surface area (Å²) in [4.78, 5) is 32.0. The first-order valence-electron chi connectivity index (χ1n) is 10.6. The van der Waals surface area contributed by atoms with Crippen LogP contribution in [0.15, 0.2) is 28.6 Å². The Balaban J connectivity index is 1.55. The molecule has 2 N–H and O–H groups in total. The molecule has 2 aromatic rings. The number of benzene rings is 1. The molecule has 2 heterocycles. The summed E-state index contributed by atoms with van der Waals surface area (Å²) in [6.45, 7) is 2.77. The summed E-state index contributed by atoms with van der Waals surface area (Å²) in [7, 11) is -3.39. The highest BCUT2D eigenvalue weighted by Crippen LogP contribution is 2.33. The van der Waals surface area contributed by atoms with Crippen molar-refractivity contribution in [2.75, 3.05) is 48.1 Å². The third-order valence-corrected chi connectivity index (χ3v) is 8.39. The number of aromatic nitrogens is 1. The second kappa shape index (κ2) is 9.55. The highest BCUT2D eigenvalue weighted by atomic mass is 32.2. The average molecular weight is 479 g/mol. The van der Waals surface area contributed by atoms with Crippen LogP contribution in [0.5, 0.6) is 0 Å². The lowest BCUT2D eigenvalue weighted by molar-refractivity contribution is 0.0923. The molecule has 2 fully saturated rings.